The van der Waals surface area contributed by atoms with Crippen LogP contribution in [0, 0.1) is 0 Å². The number of benzene rings is 2. The zero-order valence-corrected chi connectivity index (χ0v) is 19.2. The number of sulfonamides is 1. The summed E-state index contributed by atoms with van der Waals surface area (Å²) >= 11 is 5.95. The van der Waals surface area contributed by atoms with Gasteiger partial charge in [0.2, 0.25) is 15.9 Å². The van der Waals surface area contributed by atoms with E-state index >= 15 is 0 Å². The van der Waals surface area contributed by atoms with E-state index in [1.807, 2.05) is 0 Å². The molecule has 0 saturated carbocycles. The Morgan fingerprint density at radius 2 is 1.80 bits per heavy atom. The molecule has 0 fully saturated rings. The molecule has 0 saturated heterocycles. The zero-order valence-electron chi connectivity index (χ0n) is 17.6. The molecule has 0 bridgehead atoms. The minimum absolute atomic E-state index is 0.0699. The molecule has 164 valence electrons. The molecule has 2 aromatic carbocycles. The van der Waals surface area contributed by atoms with Gasteiger partial charge in [0.1, 0.15) is 16.7 Å². The van der Waals surface area contributed by atoms with Gasteiger partial charge < -0.3 is 15.4 Å². The van der Waals surface area contributed by atoms with Crippen molar-refractivity contribution >= 4 is 38.9 Å². The van der Waals surface area contributed by atoms with Crippen LogP contribution in [0.3, 0.4) is 0 Å². The Hall–Kier alpha value is -2.29. The quantitative estimate of drug-likeness (QED) is 0.562. The van der Waals surface area contributed by atoms with Crippen molar-refractivity contribution in [3.05, 3.63) is 47.5 Å². The van der Waals surface area contributed by atoms with Crippen molar-refractivity contribution in [2.45, 2.75) is 38.6 Å². The Bertz CT molecular complexity index is 978. The maximum atomic E-state index is 13.1. The topological polar surface area (TPSA) is 87.7 Å². The van der Waals surface area contributed by atoms with E-state index in [9.17, 15) is 13.2 Å². The van der Waals surface area contributed by atoms with Crippen LogP contribution in [-0.2, 0) is 14.8 Å². The average molecular weight is 454 g/mol. The van der Waals surface area contributed by atoms with Gasteiger partial charge in [-0.1, -0.05) is 31.5 Å². The van der Waals surface area contributed by atoms with Gasteiger partial charge in [0.25, 0.3) is 0 Å². The zero-order chi connectivity index (χ0) is 22.3. The molecule has 1 amide bonds. The molecule has 0 aliphatic rings. The molecule has 30 heavy (non-hydrogen) atoms. The highest BCUT2D eigenvalue weighted by molar-refractivity contribution is 7.89. The van der Waals surface area contributed by atoms with E-state index in [0.717, 1.165) is 0 Å². The van der Waals surface area contributed by atoms with Crippen molar-refractivity contribution in [1.29, 1.82) is 0 Å². The number of anilines is 2. The summed E-state index contributed by atoms with van der Waals surface area (Å²) < 4.78 is 33.0. The van der Waals surface area contributed by atoms with Crippen LogP contribution in [-0.4, -0.2) is 44.4 Å². The van der Waals surface area contributed by atoms with Crippen LogP contribution in [0.5, 0.6) is 5.75 Å². The molecule has 2 rings (SSSR count). The van der Waals surface area contributed by atoms with Gasteiger partial charge in [-0.2, -0.15) is 4.31 Å². The van der Waals surface area contributed by atoms with E-state index < -0.39 is 16.1 Å². The molecule has 0 aliphatic carbocycles. The summed E-state index contributed by atoms with van der Waals surface area (Å²) in [4.78, 5) is 12.6. The first-order chi connectivity index (χ1) is 14.2. The molecule has 9 heteroatoms. The third kappa shape index (κ3) is 5.87. The molecular weight excluding hydrogens is 426 g/mol. The van der Waals surface area contributed by atoms with E-state index in [2.05, 4.69) is 10.6 Å². The fourth-order valence-electron chi connectivity index (χ4n) is 2.91. The standard InChI is InChI=1S/C21H28ClN3O4S/c1-5-25(6-2)30(27,28)20-14-18(11-12-19(20)29-7-3)23-15(4)21(26)24-17-10-8-9-16(22)13-17/h8-15,23H,5-7H2,1-4H3,(H,24,26)/t15-/m0/s1. The summed E-state index contributed by atoms with van der Waals surface area (Å²) in [5.41, 5.74) is 1.08. The minimum atomic E-state index is -3.73. The summed E-state index contributed by atoms with van der Waals surface area (Å²) in [6.45, 7) is 8.08. The number of rotatable bonds is 10. The Labute approximate surface area is 183 Å². The first kappa shape index (κ1) is 24.0. The van der Waals surface area contributed by atoms with Crippen LogP contribution >= 0.6 is 11.6 Å². The highest BCUT2D eigenvalue weighted by atomic mass is 35.5. The fraction of sp³-hybridized carbons (Fsp3) is 0.381. The van der Waals surface area contributed by atoms with Crippen LogP contribution in [0.4, 0.5) is 11.4 Å². The first-order valence-corrected chi connectivity index (χ1v) is 11.6. The summed E-state index contributed by atoms with van der Waals surface area (Å²) in [5, 5.41) is 6.35. The number of amides is 1. The number of hydrogen-bond acceptors (Lipinski definition) is 5. The van der Waals surface area contributed by atoms with Gasteiger partial charge in [-0.25, -0.2) is 8.42 Å². The second-order valence-corrected chi connectivity index (χ2v) is 8.89. The average Bonchev–Trinajstić information content (AvgIpc) is 2.70. The molecule has 7 nitrogen and oxygen atoms in total. The van der Waals surface area contributed by atoms with Gasteiger partial charge >= 0.3 is 0 Å². The summed E-state index contributed by atoms with van der Waals surface area (Å²) in [6.07, 6.45) is 0. The Morgan fingerprint density at radius 3 is 2.40 bits per heavy atom. The second-order valence-electron chi connectivity index (χ2n) is 6.55. The van der Waals surface area contributed by atoms with Crippen LogP contribution < -0.4 is 15.4 Å². The Kier molecular flexibility index (Phi) is 8.52. The van der Waals surface area contributed by atoms with Gasteiger partial charge in [-0.15, -0.1) is 0 Å². The van der Waals surface area contributed by atoms with Gasteiger partial charge in [0, 0.05) is 29.5 Å². The summed E-state index contributed by atoms with van der Waals surface area (Å²) in [6, 6.07) is 11.0. The monoisotopic (exact) mass is 453 g/mol. The molecule has 0 radical (unpaired) electrons. The summed E-state index contributed by atoms with van der Waals surface area (Å²) in [7, 11) is -3.73. The largest absolute Gasteiger partial charge is 0.492 e. The number of carbonyl (C=O) groups is 1. The SMILES string of the molecule is CCOc1ccc(N[C@@H](C)C(=O)Nc2cccc(Cl)c2)cc1S(=O)(=O)N(CC)CC. The van der Waals surface area contributed by atoms with Crippen molar-refractivity contribution in [1.82, 2.24) is 4.31 Å². The molecule has 0 aliphatic heterocycles. The van der Waals surface area contributed by atoms with Gasteiger partial charge in [-0.3, -0.25) is 4.79 Å². The maximum Gasteiger partial charge on any atom is 0.246 e. The van der Waals surface area contributed by atoms with E-state index in [0.29, 0.717) is 36.1 Å². The smallest absolute Gasteiger partial charge is 0.246 e. The van der Waals surface area contributed by atoms with E-state index in [4.69, 9.17) is 16.3 Å². The van der Waals surface area contributed by atoms with Crippen molar-refractivity contribution in [2.24, 2.45) is 0 Å². The molecule has 0 heterocycles. The van der Waals surface area contributed by atoms with Crippen molar-refractivity contribution in [2.75, 3.05) is 30.3 Å². The number of hydrogen-bond donors (Lipinski definition) is 2. The predicted octanol–water partition coefficient (Wildman–Crippen LogP) is 4.21. The van der Waals surface area contributed by atoms with E-state index in [1.54, 1.807) is 64.1 Å². The molecule has 1 atom stereocenters. The lowest BCUT2D eigenvalue weighted by atomic mass is 10.2. The number of nitrogens with one attached hydrogen (secondary N) is 2. The van der Waals surface area contributed by atoms with Gasteiger partial charge in [-0.05, 0) is 50.2 Å². The molecule has 0 unspecified atom stereocenters. The number of carbonyl (C=O) groups excluding carboxylic acids is 1. The van der Waals surface area contributed by atoms with Crippen LogP contribution in [0.1, 0.15) is 27.7 Å². The van der Waals surface area contributed by atoms with Crippen LogP contribution in [0.2, 0.25) is 5.02 Å². The van der Waals surface area contributed by atoms with Gasteiger partial charge in [0.05, 0.1) is 6.61 Å². The highest BCUT2D eigenvalue weighted by Gasteiger charge is 2.26. The third-order valence-corrected chi connectivity index (χ3v) is 6.74. The lowest BCUT2D eigenvalue weighted by Crippen LogP contribution is -2.32. The van der Waals surface area contributed by atoms with Crippen molar-refractivity contribution < 1.29 is 17.9 Å². The number of halogens is 1. The molecule has 2 aromatic rings. The molecular formula is C21H28ClN3O4S. The second kappa shape index (κ2) is 10.7. The maximum absolute atomic E-state index is 13.1. The third-order valence-electron chi connectivity index (χ3n) is 4.44. The Balaban J connectivity index is 2.26. The van der Waals surface area contributed by atoms with Gasteiger partial charge in [0.15, 0.2) is 0 Å². The summed E-state index contributed by atoms with van der Waals surface area (Å²) in [5.74, 6) is 0.00489. The van der Waals surface area contributed by atoms with Crippen LogP contribution in [0.25, 0.3) is 0 Å². The van der Waals surface area contributed by atoms with Crippen LogP contribution in [0.15, 0.2) is 47.4 Å². The van der Waals surface area contributed by atoms with E-state index in [1.165, 1.54) is 10.4 Å². The molecule has 0 aromatic heterocycles. The predicted molar refractivity (Wildman–Crippen MR) is 121 cm³/mol. The normalized spacial score (nSPS) is 12.5. The fourth-order valence-corrected chi connectivity index (χ4v) is 4.71. The van der Waals surface area contributed by atoms with E-state index in [-0.39, 0.29) is 16.6 Å². The number of nitrogens with zero attached hydrogens (tertiary/aromatic N) is 1. The molecule has 0 spiro atoms. The first-order valence-electron chi connectivity index (χ1n) is 9.82. The lowest BCUT2D eigenvalue weighted by molar-refractivity contribution is -0.116. The number of ether oxygens (including phenoxy) is 1. The lowest BCUT2D eigenvalue weighted by Gasteiger charge is -2.22. The Morgan fingerprint density at radius 1 is 1.10 bits per heavy atom. The minimum Gasteiger partial charge on any atom is -0.492 e. The molecule has 2 N–H and O–H groups in total. The highest BCUT2D eigenvalue weighted by Crippen LogP contribution is 2.30. The van der Waals surface area contributed by atoms with Crippen molar-refractivity contribution in [3.63, 3.8) is 0 Å². The van der Waals surface area contributed by atoms with Crippen molar-refractivity contribution in [3.8, 4) is 5.75 Å².